The van der Waals surface area contributed by atoms with E-state index in [0.717, 1.165) is 5.56 Å². The van der Waals surface area contributed by atoms with Gasteiger partial charge in [0.15, 0.2) is 0 Å². The molecule has 0 bridgehead atoms. The van der Waals surface area contributed by atoms with E-state index in [-0.39, 0.29) is 11.7 Å². The molecule has 2 N–H and O–H groups in total. The van der Waals surface area contributed by atoms with Crippen molar-refractivity contribution in [1.29, 1.82) is 0 Å². The van der Waals surface area contributed by atoms with Gasteiger partial charge >= 0.3 is 0 Å². The molecule has 1 aromatic carbocycles. The first kappa shape index (κ1) is 13.5. The topological polar surface area (TPSA) is 69.4 Å². The summed E-state index contributed by atoms with van der Waals surface area (Å²) in [7, 11) is -3.58. The average Bonchev–Trinajstić information content (AvgIpc) is 2.28. The van der Waals surface area contributed by atoms with Crippen LogP contribution in [0.25, 0.3) is 0 Å². The first-order valence-corrected chi connectivity index (χ1v) is 7.41. The Kier molecular flexibility index (Phi) is 3.99. The second kappa shape index (κ2) is 5.34. The molecule has 0 spiro atoms. The standard InChI is InChI=1S/C12H16FNO3S/c13-11-3-1-2-9(7-11)6-10-8-17-5-4-12(10)18(14,15)16/h1-3,7,10,12H,4-6,8H2,(H2,14,15,16)/t10-,12-/m0/s1. The smallest absolute Gasteiger partial charge is 0.212 e. The Morgan fingerprint density at radius 1 is 1.44 bits per heavy atom. The summed E-state index contributed by atoms with van der Waals surface area (Å²) in [5.41, 5.74) is 0.763. The van der Waals surface area contributed by atoms with Gasteiger partial charge < -0.3 is 4.74 Å². The molecule has 0 amide bonds. The molecule has 1 saturated heterocycles. The lowest BCUT2D eigenvalue weighted by Gasteiger charge is -2.29. The van der Waals surface area contributed by atoms with Gasteiger partial charge in [0.1, 0.15) is 5.82 Å². The molecule has 4 nitrogen and oxygen atoms in total. The Balaban J connectivity index is 2.15. The van der Waals surface area contributed by atoms with Crippen LogP contribution in [-0.4, -0.2) is 26.9 Å². The van der Waals surface area contributed by atoms with Crippen LogP contribution in [0, 0.1) is 11.7 Å². The van der Waals surface area contributed by atoms with Gasteiger partial charge in [-0.25, -0.2) is 17.9 Å². The number of rotatable bonds is 3. The molecule has 18 heavy (non-hydrogen) atoms. The van der Waals surface area contributed by atoms with E-state index in [1.54, 1.807) is 12.1 Å². The lowest BCUT2D eigenvalue weighted by atomic mass is 9.93. The van der Waals surface area contributed by atoms with E-state index in [1.807, 2.05) is 0 Å². The molecule has 1 aromatic rings. The highest BCUT2D eigenvalue weighted by Gasteiger charge is 2.33. The van der Waals surface area contributed by atoms with Crippen LogP contribution in [-0.2, 0) is 21.2 Å². The molecular weight excluding hydrogens is 257 g/mol. The molecule has 2 rings (SSSR count). The van der Waals surface area contributed by atoms with E-state index in [9.17, 15) is 12.8 Å². The Labute approximate surface area is 106 Å². The van der Waals surface area contributed by atoms with Gasteiger partial charge in [-0.15, -0.1) is 0 Å². The Morgan fingerprint density at radius 3 is 2.89 bits per heavy atom. The first-order valence-electron chi connectivity index (χ1n) is 5.80. The Hall–Kier alpha value is -0.980. The van der Waals surface area contributed by atoms with Crippen molar-refractivity contribution in [2.75, 3.05) is 13.2 Å². The van der Waals surface area contributed by atoms with Crippen molar-refractivity contribution in [3.63, 3.8) is 0 Å². The summed E-state index contributed by atoms with van der Waals surface area (Å²) in [5, 5.41) is 4.62. The minimum atomic E-state index is -3.58. The van der Waals surface area contributed by atoms with Crippen LogP contribution in [0.15, 0.2) is 24.3 Å². The third-order valence-corrected chi connectivity index (χ3v) is 4.68. The van der Waals surface area contributed by atoms with E-state index in [1.165, 1.54) is 12.1 Å². The largest absolute Gasteiger partial charge is 0.381 e. The van der Waals surface area contributed by atoms with Crippen LogP contribution in [0.5, 0.6) is 0 Å². The normalized spacial score (nSPS) is 25.0. The molecule has 1 aliphatic heterocycles. The van der Waals surface area contributed by atoms with E-state index in [0.29, 0.717) is 26.1 Å². The van der Waals surface area contributed by atoms with Gasteiger partial charge in [0.2, 0.25) is 10.0 Å². The minimum absolute atomic E-state index is 0.212. The van der Waals surface area contributed by atoms with Gasteiger partial charge in [0.25, 0.3) is 0 Å². The van der Waals surface area contributed by atoms with Gasteiger partial charge in [-0.3, -0.25) is 0 Å². The van der Waals surface area contributed by atoms with Gasteiger partial charge in [0, 0.05) is 12.5 Å². The fourth-order valence-corrected chi connectivity index (χ4v) is 3.50. The molecule has 0 unspecified atom stereocenters. The number of benzene rings is 1. The predicted molar refractivity (Wildman–Crippen MR) is 65.9 cm³/mol. The number of nitrogens with two attached hydrogens (primary N) is 1. The maximum absolute atomic E-state index is 13.1. The number of ether oxygens (including phenoxy) is 1. The van der Waals surface area contributed by atoms with Gasteiger partial charge in [0.05, 0.1) is 11.9 Å². The molecule has 6 heteroatoms. The average molecular weight is 273 g/mol. The second-order valence-electron chi connectivity index (χ2n) is 4.59. The summed E-state index contributed by atoms with van der Waals surface area (Å²) in [6, 6.07) is 6.16. The maximum Gasteiger partial charge on any atom is 0.212 e. The third kappa shape index (κ3) is 3.28. The lowest BCUT2D eigenvalue weighted by molar-refractivity contribution is 0.0572. The van der Waals surface area contributed by atoms with Crippen molar-refractivity contribution in [3.8, 4) is 0 Å². The molecule has 1 heterocycles. The van der Waals surface area contributed by atoms with Crippen LogP contribution >= 0.6 is 0 Å². The molecule has 0 saturated carbocycles. The highest BCUT2D eigenvalue weighted by molar-refractivity contribution is 7.89. The highest BCUT2D eigenvalue weighted by Crippen LogP contribution is 2.24. The predicted octanol–water partition coefficient (Wildman–Crippen LogP) is 1.06. The van der Waals surface area contributed by atoms with Crippen LogP contribution in [0.4, 0.5) is 4.39 Å². The van der Waals surface area contributed by atoms with Crippen molar-refractivity contribution in [2.45, 2.75) is 18.1 Å². The van der Waals surface area contributed by atoms with Crippen molar-refractivity contribution >= 4 is 10.0 Å². The fourth-order valence-electron chi connectivity index (χ4n) is 2.37. The Bertz CT molecular complexity index is 518. The molecule has 0 radical (unpaired) electrons. The first-order chi connectivity index (χ1) is 8.47. The van der Waals surface area contributed by atoms with Crippen molar-refractivity contribution in [3.05, 3.63) is 35.6 Å². The fraction of sp³-hybridized carbons (Fsp3) is 0.500. The van der Waals surface area contributed by atoms with Crippen LogP contribution < -0.4 is 5.14 Å². The zero-order valence-corrected chi connectivity index (χ0v) is 10.7. The van der Waals surface area contributed by atoms with E-state index in [2.05, 4.69) is 0 Å². The minimum Gasteiger partial charge on any atom is -0.381 e. The second-order valence-corrected chi connectivity index (χ2v) is 6.37. The zero-order chi connectivity index (χ0) is 13.2. The van der Waals surface area contributed by atoms with Crippen LogP contribution in [0.2, 0.25) is 0 Å². The van der Waals surface area contributed by atoms with Crippen molar-refractivity contribution < 1.29 is 17.5 Å². The van der Waals surface area contributed by atoms with E-state index >= 15 is 0 Å². The van der Waals surface area contributed by atoms with Crippen molar-refractivity contribution in [1.82, 2.24) is 0 Å². The number of halogens is 1. The zero-order valence-electron chi connectivity index (χ0n) is 9.88. The van der Waals surface area contributed by atoms with Crippen LogP contribution in [0.1, 0.15) is 12.0 Å². The molecule has 1 fully saturated rings. The van der Waals surface area contributed by atoms with E-state index < -0.39 is 15.3 Å². The number of hydrogen-bond acceptors (Lipinski definition) is 3. The Morgan fingerprint density at radius 2 is 2.22 bits per heavy atom. The van der Waals surface area contributed by atoms with Crippen LogP contribution in [0.3, 0.4) is 0 Å². The number of hydrogen-bond donors (Lipinski definition) is 1. The quantitative estimate of drug-likeness (QED) is 0.895. The molecule has 100 valence electrons. The number of sulfonamides is 1. The van der Waals surface area contributed by atoms with Gasteiger partial charge in [-0.1, -0.05) is 12.1 Å². The maximum atomic E-state index is 13.1. The summed E-state index contributed by atoms with van der Waals surface area (Å²) in [6.07, 6.45) is 0.859. The molecule has 0 aliphatic carbocycles. The van der Waals surface area contributed by atoms with Gasteiger partial charge in [-0.05, 0) is 30.5 Å². The lowest BCUT2D eigenvalue weighted by Crippen LogP contribution is -2.42. The summed E-state index contributed by atoms with van der Waals surface area (Å²) in [5.74, 6) is -0.535. The summed E-state index contributed by atoms with van der Waals surface area (Å²) in [4.78, 5) is 0. The molecular formula is C12H16FNO3S. The molecule has 2 atom stereocenters. The SMILES string of the molecule is NS(=O)(=O)[C@H]1CCOC[C@@H]1Cc1cccc(F)c1. The van der Waals surface area contributed by atoms with Crippen molar-refractivity contribution in [2.24, 2.45) is 11.1 Å². The highest BCUT2D eigenvalue weighted by atomic mass is 32.2. The summed E-state index contributed by atoms with van der Waals surface area (Å²) < 4.78 is 41.4. The monoisotopic (exact) mass is 273 g/mol. The molecule has 0 aromatic heterocycles. The molecule has 1 aliphatic rings. The number of primary sulfonamides is 1. The van der Waals surface area contributed by atoms with E-state index in [4.69, 9.17) is 9.88 Å². The third-order valence-electron chi connectivity index (χ3n) is 3.21. The van der Waals surface area contributed by atoms with Gasteiger partial charge in [-0.2, -0.15) is 0 Å². The summed E-state index contributed by atoms with van der Waals surface area (Å²) in [6.45, 7) is 0.748. The summed E-state index contributed by atoms with van der Waals surface area (Å²) >= 11 is 0.